The molecule has 0 heterocycles. The molecule has 1 atom stereocenters. The number of likely N-dealkylation sites (N-methyl/N-ethyl adjacent to an activating group) is 1. The lowest BCUT2D eigenvalue weighted by molar-refractivity contribution is -0.899. The summed E-state index contributed by atoms with van der Waals surface area (Å²) in [6.45, 7) is 14.0. The summed E-state index contributed by atoms with van der Waals surface area (Å²) in [5.74, 6) is 0.826. The van der Waals surface area contributed by atoms with E-state index in [0.717, 1.165) is 25.4 Å². The molecule has 0 aromatic heterocycles. The van der Waals surface area contributed by atoms with Crippen LogP contribution in [0.5, 0.6) is 5.75 Å². The maximum Gasteiger partial charge on any atom is 0.137 e. The third-order valence-corrected chi connectivity index (χ3v) is 3.69. The minimum atomic E-state index is -0.410. The Bertz CT molecular complexity index is 377. The second kappa shape index (κ2) is 7.65. The molecule has 0 amide bonds. The quantitative estimate of drug-likeness (QED) is 0.796. The number of aliphatic hydroxyl groups is 1. The normalized spacial score (nSPS) is 13.6. The van der Waals surface area contributed by atoms with Gasteiger partial charge < -0.3 is 14.7 Å². The van der Waals surface area contributed by atoms with Crippen molar-refractivity contribution in [1.29, 1.82) is 0 Å². The average molecular weight is 280 g/mol. The van der Waals surface area contributed by atoms with Crippen molar-refractivity contribution in [2.24, 2.45) is 0 Å². The van der Waals surface area contributed by atoms with Gasteiger partial charge in [0.25, 0.3) is 0 Å². The molecular formula is C17H30NO2+. The highest BCUT2D eigenvalue weighted by Gasteiger charge is 2.14. The molecule has 0 radical (unpaired) electrons. The van der Waals surface area contributed by atoms with Crippen LogP contribution < -0.4 is 9.64 Å². The number of hydrogen-bond donors (Lipinski definition) is 2. The van der Waals surface area contributed by atoms with Gasteiger partial charge in [-0.1, -0.05) is 32.9 Å². The summed E-state index contributed by atoms with van der Waals surface area (Å²) in [6.07, 6.45) is -0.410. The van der Waals surface area contributed by atoms with Crippen LogP contribution in [0.25, 0.3) is 0 Å². The molecule has 0 unspecified atom stereocenters. The first-order valence-electron chi connectivity index (χ1n) is 7.61. The number of aliphatic hydroxyl groups excluding tert-OH is 1. The predicted octanol–water partition coefficient (Wildman–Crippen LogP) is 1.65. The second-order valence-electron chi connectivity index (χ2n) is 6.40. The van der Waals surface area contributed by atoms with Crippen molar-refractivity contribution in [2.75, 3.05) is 26.2 Å². The average Bonchev–Trinajstić information content (AvgIpc) is 2.42. The van der Waals surface area contributed by atoms with Gasteiger partial charge in [-0.15, -0.1) is 0 Å². The molecule has 1 aromatic rings. The zero-order chi connectivity index (χ0) is 15.2. The van der Waals surface area contributed by atoms with Gasteiger partial charge in [0, 0.05) is 0 Å². The lowest BCUT2D eigenvalue weighted by atomic mass is 9.87. The monoisotopic (exact) mass is 280 g/mol. The molecule has 0 spiro atoms. The Morgan fingerprint density at radius 1 is 1.10 bits per heavy atom. The molecule has 1 aromatic carbocycles. The lowest BCUT2D eigenvalue weighted by Gasteiger charge is -2.21. The van der Waals surface area contributed by atoms with Gasteiger partial charge in [-0.05, 0) is 37.0 Å². The molecule has 0 bridgehead atoms. The van der Waals surface area contributed by atoms with E-state index in [1.54, 1.807) is 0 Å². The van der Waals surface area contributed by atoms with Crippen molar-refractivity contribution < 1.29 is 14.7 Å². The van der Waals surface area contributed by atoms with Crippen molar-refractivity contribution >= 4 is 0 Å². The molecule has 0 fully saturated rings. The predicted molar refractivity (Wildman–Crippen MR) is 83.6 cm³/mol. The Balaban J connectivity index is 2.46. The van der Waals surface area contributed by atoms with E-state index >= 15 is 0 Å². The lowest BCUT2D eigenvalue weighted by Crippen LogP contribution is -3.12. The van der Waals surface area contributed by atoms with Crippen molar-refractivity contribution in [3.63, 3.8) is 0 Å². The van der Waals surface area contributed by atoms with Crippen molar-refractivity contribution in [3.8, 4) is 5.75 Å². The van der Waals surface area contributed by atoms with E-state index in [0.29, 0.717) is 6.61 Å². The number of rotatable bonds is 7. The van der Waals surface area contributed by atoms with Gasteiger partial charge in [0.1, 0.15) is 25.0 Å². The van der Waals surface area contributed by atoms with E-state index in [4.69, 9.17) is 4.74 Å². The van der Waals surface area contributed by atoms with Crippen molar-refractivity contribution in [1.82, 2.24) is 0 Å². The van der Waals surface area contributed by atoms with E-state index in [1.165, 1.54) is 10.5 Å². The van der Waals surface area contributed by atoms with Crippen LogP contribution in [0.2, 0.25) is 0 Å². The Labute approximate surface area is 123 Å². The summed E-state index contributed by atoms with van der Waals surface area (Å²) in [4.78, 5) is 1.39. The van der Waals surface area contributed by atoms with Crippen molar-refractivity contribution in [2.45, 2.75) is 46.1 Å². The summed E-state index contributed by atoms with van der Waals surface area (Å²) < 4.78 is 5.66. The van der Waals surface area contributed by atoms with E-state index in [2.05, 4.69) is 46.8 Å². The van der Waals surface area contributed by atoms with E-state index in [-0.39, 0.29) is 5.41 Å². The Hall–Kier alpha value is -1.06. The van der Waals surface area contributed by atoms with Crippen molar-refractivity contribution in [3.05, 3.63) is 29.8 Å². The second-order valence-corrected chi connectivity index (χ2v) is 6.40. The first-order valence-corrected chi connectivity index (χ1v) is 7.61. The minimum Gasteiger partial charge on any atom is -0.491 e. The fourth-order valence-electron chi connectivity index (χ4n) is 2.17. The maximum atomic E-state index is 9.98. The minimum absolute atomic E-state index is 0.157. The third-order valence-electron chi connectivity index (χ3n) is 3.69. The summed E-state index contributed by atoms with van der Waals surface area (Å²) in [7, 11) is 0. The highest BCUT2D eigenvalue weighted by molar-refractivity contribution is 5.31. The Morgan fingerprint density at radius 2 is 1.65 bits per heavy atom. The fourth-order valence-corrected chi connectivity index (χ4v) is 2.17. The van der Waals surface area contributed by atoms with Crippen LogP contribution in [0, 0.1) is 0 Å². The number of benzene rings is 1. The number of quaternary nitrogens is 1. The van der Waals surface area contributed by atoms with Gasteiger partial charge in [0.2, 0.25) is 0 Å². The number of ether oxygens (including phenoxy) is 1. The molecule has 0 aliphatic rings. The zero-order valence-corrected chi connectivity index (χ0v) is 13.6. The molecule has 3 nitrogen and oxygen atoms in total. The summed E-state index contributed by atoms with van der Waals surface area (Å²) in [5, 5.41) is 9.98. The third kappa shape index (κ3) is 5.51. The smallest absolute Gasteiger partial charge is 0.137 e. The molecule has 20 heavy (non-hydrogen) atoms. The van der Waals surface area contributed by atoms with E-state index < -0.39 is 6.10 Å². The number of nitrogens with one attached hydrogen (secondary N) is 1. The molecule has 0 aliphatic carbocycles. The highest BCUT2D eigenvalue weighted by Crippen LogP contribution is 2.24. The maximum absolute atomic E-state index is 9.98. The molecule has 2 N–H and O–H groups in total. The molecule has 114 valence electrons. The summed E-state index contributed by atoms with van der Waals surface area (Å²) >= 11 is 0. The Kier molecular flexibility index (Phi) is 6.50. The SMILES string of the molecule is CC[NH+](CC)C[C@H](O)COc1ccc(C(C)(C)C)cc1. The van der Waals surface area contributed by atoms with Gasteiger partial charge in [-0.25, -0.2) is 0 Å². The van der Waals surface area contributed by atoms with Crippen LogP contribution in [-0.4, -0.2) is 37.5 Å². The summed E-state index contributed by atoms with van der Waals surface area (Å²) in [5.41, 5.74) is 1.45. The van der Waals surface area contributed by atoms with E-state index in [1.807, 2.05) is 12.1 Å². The molecule has 0 saturated carbocycles. The first-order chi connectivity index (χ1) is 9.36. The topological polar surface area (TPSA) is 33.9 Å². The van der Waals surface area contributed by atoms with Crippen LogP contribution >= 0.6 is 0 Å². The molecule has 0 aliphatic heterocycles. The molecule has 1 rings (SSSR count). The number of hydrogen-bond acceptors (Lipinski definition) is 2. The van der Waals surface area contributed by atoms with Gasteiger partial charge in [0.05, 0.1) is 13.1 Å². The van der Waals surface area contributed by atoms with Crippen LogP contribution in [-0.2, 0) is 5.41 Å². The Morgan fingerprint density at radius 3 is 2.10 bits per heavy atom. The first kappa shape index (κ1) is 17.0. The van der Waals surface area contributed by atoms with Crippen LogP contribution in [0.4, 0.5) is 0 Å². The van der Waals surface area contributed by atoms with Gasteiger partial charge in [-0.3, -0.25) is 0 Å². The van der Waals surface area contributed by atoms with Crippen LogP contribution in [0.3, 0.4) is 0 Å². The highest BCUT2D eigenvalue weighted by atomic mass is 16.5. The fraction of sp³-hybridized carbons (Fsp3) is 0.647. The molecule has 3 heteroatoms. The largest absolute Gasteiger partial charge is 0.491 e. The summed E-state index contributed by atoms with van der Waals surface area (Å²) in [6, 6.07) is 8.16. The molecular weight excluding hydrogens is 250 g/mol. The van der Waals surface area contributed by atoms with E-state index in [9.17, 15) is 5.11 Å². The van der Waals surface area contributed by atoms with Crippen LogP contribution in [0.15, 0.2) is 24.3 Å². The van der Waals surface area contributed by atoms with Gasteiger partial charge in [-0.2, -0.15) is 0 Å². The van der Waals surface area contributed by atoms with Gasteiger partial charge >= 0.3 is 0 Å². The van der Waals surface area contributed by atoms with Gasteiger partial charge in [0.15, 0.2) is 0 Å². The molecule has 0 saturated heterocycles. The van der Waals surface area contributed by atoms with Crippen LogP contribution in [0.1, 0.15) is 40.2 Å². The zero-order valence-electron chi connectivity index (χ0n) is 13.6. The standard InChI is InChI=1S/C17H29NO2/c1-6-18(7-2)12-15(19)13-20-16-10-8-14(9-11-16)17(3,4)5/h8-11,15,19H,6-7,12-13H2,1-5H3/p+1/t15-/m0/s1.